The van der Waals surface area contributed by atoms with Gasteiger partial charge < -0.3 is 10.6 Å². The van der Waals surface area contributed by atoms with Gasteiger partial charge in [0, 0.05) is 32.7 Å². The quantitative estimate of drug-likeness (QED) is 0.800. The largest absolute Gasteiger partial charge is 0.340 e. The molecule has 0 radical (unpaired) electrons. The third-order valence-electron chi connectivity index (χ3n) is 5.10. The minimum absolute atomic E-state index is 0.247. The van der Waals surface area contributed by atoms with Crippen LogP contribution >= 0.6 is 0 Å². The number of piperazine rings is 1. The van der Waals surface area contributed by atoms with Gasteiger partial charge >= 0.3 is 0 Å². The molecule has 1 saturated carbocycles. The van der Waals surface area contributed by atoms with E-state index in [0.29, 0.717) is 12.5 Å². The maximum atomic E-state index is 13.0. The van der Waals surface area contributed by atoms with E-state index in [4.69, 9.17) is 5.73 Å². The van der Waals surface area contributed by atoms with Crippen LogP contribution in [0.5, 0.6) is 0 Å². The number of amides is 1. The van der Waals surface area contributed by atoms with Crippen LogP contribution in [-0.2, 0) is 4.79 Å². The van der Waals surface area contributed by atoms with Crippen LogP contribution in [0.4, 0.5) is 0 Å². The number of carbonyl (C=O) groups excluding carboxylic acids is 1. The Morgan fingerprint density at radius 1 is 1.05 bits per heavy atom. The molecule has 2 N–H and O–H groups in total. The Morgan fingerprint density at radius 2 is 1.65 bits per heavy atom. The summed E-state index contributed by atoms with van der Waals surface area (Å²) in [6, 6.07) is 0. The van der Waals surface area contributed by atoms with E-state index in [0.717, 1.165) is 45.6 Å². The van der Waals surface area contributed by atoms with Crippen LogP contribution in [0.3, 0.4) is 0 Å². The molecule has 1 aliphatic carbocycles. The zero-order valence-electron chi connectivity index (χ0n) is 13.1. The Balaban J connectivity index is 1.95. The number of hydrogen-bond acceptors (Lipinski definition) is 3. The summed E-state index contributed by atoms with van der Waals surface area (Å²) in [6.45, 7) is 7.74. The van der Waals surface area contributed by atoms with Gasteiger partial charge in [-0.05, 0) is 25.8 Å². The van der Waals surface area contributed by atoms with E-state index in [1.165, 1.54) is 32.1 Å². The Morgan fingerprint density at radius 3 is 2.15 bits per heavy atom. The minimum Gasteiger partial charge on any atom is -0.340 e. The highest BCUT2D eigenvalue weighted by molar-refractivity contribution is 5.83. The summed E-state index contributed by atoms with van der Waals surface area (Å²) in [6.07, 6.45) is 8.05. The van der Waals surface area contributed by atoms with Gasteiger partial charge in [-0.25, -0.2) is 0 Å². The molecule has 0 atom stereocenters. The van der Waals surface area contributed by atoms with Crippen LogP contribution in [0.2, 0.25) is 0 Å². The van der Waals surface area contributed by atoms with Crippen LogP contribution in [-0.4, -0.2) is 55.0 Å². The molecule has 1 aliphatic heterocycles. The van der Waals surface area contributed by atoms with E-state index in [-0.39, 0.29) is 5.41 Å². The van der Waals surface area contributed by atoms with Gasteiger partial charge in [-0.1, -0.05) is 32.6 Å². The fourth-order valence-corrected chi connectivity index (χ4v) is 3.74. The average Bonchev–Trinajstić information content (AvgIpc) is 2.74. The summed E-state index contributed by atoms with van der Waals surface area (Å²) in [5.41, 5.74) is 5.79. The van der Waals surface area contributed by atoms with Gasteiger partial charge in [0.1, 0.15) is 0 Å². The Bertz CT molecular complexity index is 303. The monoisotopic (exact) mass is 281 g/mol. The molecule has 1 heterocycles. The molecule has 2 aliphatic rings. The van der Waals surface area contributed by atoms with Crippen LogP contribution in [0.15, 0.2) is 0 Å². The molecule has 4 nitrogen and oxygen atoms in total. The fourth-order valence-electron chi connectivity index (χ4n) is 3.74. The lowest BCUT2D eigenvalue weighted by atomic mass is 9.79. The van der Waals surface area contributed by atoms with E-state index in [1.807, 2.05) is 0 Å². The summed E-state index contributed by atoms with van der Waals surface area (Å²) >= 11 is 0. The molecule has 0 aromatic heterocycles. The van der Waals surface area contributed by atoms with Gasteiger partial charge in [-0.3, -0.25) is 9.69 Å². The molecule has 1 saturated heterocycles. The Labute approximate surface area is 123 Å². The molecule has 116 valence electrons. The summed E-state index contributed by atoms with van der Waals surface area (Å²) in [7, 11) is 0. The molecule has 0 spiro atoms. The zero-order valence-corrected chi connectivity index (χ0v) is 13.1. The van der Waals surface area contributed by atoms with Gasteiger partial charge in [0.15, 0.2) is 0 Å². The second-order valence-electron chi connectivity index (χ2n) is 6.53. The second kappa shape index (κ2) is 7.41. The van der Waals surface area contributed by atoms with Gasteiger partial charge in [0.25, 0.3) is 0 Å². The fraction of sp³-hybridized carbons (Fsp3) is 0.938. The topological polar surface area (TPSA) is 49.6 Å². The lowest BCUT2D eigenvalue weighted by Crippen LogP contribution is -2.55. The van der Waals surface area contributed by atoms with E-state index in [9.17, 15) is 4.79 Å². The third-order valence-corrected chi connectivity index (χ3v) is 5.10. The van der Waals surface area contributed by atoms with Crippen LogP contribution in [0, 0.1) is 5.41 Å². The summed E-state index contributed by atoms with van der Waals surface area (Å²) in [5, 5.41) is 0. The standard InChI is InChI=1S/C16H31N3O/c1-2-9-18-10-12-19(13-11-18)15(20)16(14-17)7-5-3-4-6-8-16/h2-14,17H2,1H3. The van der Waals surface area contributed by atoms with Crippen molar-refractivity contribution in [2.24, 2.45) is 11.1 Å². The first kappa shape index (κ1) is 15.8. The molecule has 4 heteroatoms. The summed E-state index contributed by atoms with van der Waals surface area (Å²) < 4.78 is 0. The third kappa shape index (κ3) is 3.53. The van der Waals surface area contributed by atoms with Crippen LogP contribution < -0.4 is 5.73 Å². The lowest BCUT2D eigenvalue weighted by molar-refractivity contribution is -0.144. The highest BCUT2D eigenvalue weighted by atomic mass is 16.2. The highest BCUT2D eigenvalue weighted by Crippen LogP contribution is 2.36. The normalized spacial score (nSPS) is 24.4. The van der Waals surface area contributed by atoms with Gasteiger partial charge in [0.2, 0.25) is 5.91 Å². The van der Waals surface area contributed by atoms with Crippen molar-refractivity contribution in [3.05, 3.63) is 0 Å². The van der Waals surface area contributed by atoms with Crippen molar-refractivity contribution in [3.63, 3.8) is 0 Å². The van der Waals surface area contributed by atoms with Crippen molar-refractivity contribution in [1.29, 1.82) is 0 Å². The lowest BCUT2D eigenvalue weighted by Gasteiger charge is -2.40. The number of nitrogens with zero attached hydrogens (tertiary/aromatic N) is 2. The van der Waals surface area contributed by atoms with Crippen molar-refractivity contribution < 1.29 is 4.79 Å². The predicted octanol–water partition coefficient (Wildman–Crippen LogP) is 1.84. The first-order valence-electron chi connectivity index (χ1n) is 8.43. The Hall–Kier alpha value is -0.610. The maximum Gasteiger partial charge on any atom is 0.230 e. The van der Waals surface area contributed by atoms with Gasteiger partial charge in [-0.2, -0.15) is 0 Å². The maximum absolute atomic E-state index is 13.0. The zero-order chi connectivity index (χ0) is 14.4. The van der Waals surface area contributed by atoms with Crippen molar-refractivity contribution in [2.45, 2.75) is 51.9 Å². The van der Waals surface area contributed by atoms with Crippen molar-refractivity contribution in [3.8, 4) is 0 Å². The number of nitrogens with two attached hydrogens (primary N) is 1. The molecule has 1 amide bonds. The van der Waals surface area contributed by atoms with E-state index in [1.54, 1.807) is 0 Å². The van der Waals surface area contributed by atoms with E-state index < -0.39 is 0 Å². The molecule has 0 aromatic carbocycles. The highest BCUT2D eigenvalue weighted by Gasteiger charge is 2.40. The molecule has 2 rings (SSSR count). The van der Waals surface area contributed by atoms with Crippen LogP contribution in [0.1, 0.15) is 51.9 Å². The molecule has 20 heavy (non-hydrogen) atoms. The van der Waals surface area contributed by atoms with E-state index >= 15 is 0 Å². The minimum atomic E-state index is -0.247. The summed E-state index contributed by atoms with van der Waals surface area (Å²) in [5.74, 6) is 0.345. The predicted molar refractivity (Wildman–Crippen MR) is 82.5 cm³/mol. The van der Waals surface area contributed by atoms with Crippen molar-refractivity contribution >= 4 is 5.91 Å². The number of rotatable bonds is 4. The number of hydrogen-bond donors (Lipinski definition) is 1. The summed E-state index contributed by atoms with van der Waals surface area (Å²) in [4.78, 5) is 17.5. The van der Waals surface area contributed by atoms with E-state index in [2.05, 4.69) is 16.7 Å². The number of carbonyl (C=O) groups is 1. The molecular formula is C16H31N3O. The molecular weight excluding hydrogens is 250 g/mol. The van der Waals surface area contributed by atoms with Crippen molar-refractivity contribution in [1.82, 2.24) is 9.80 Å². The molecule has 0 aromatic rings. The van der Waals surface area contributed by atoms with Crippen LogP contribution in [0.25, 0.3) is 0 Å². The van der Waals surface area contributed by atoms with Crippen molar-refractivity contribution in [2.75, 3.05) is 39.3 Å². The first-order chi connectivity index (χ1) is 9.72. The van der Waals surface area contributed by atoms with Gasteiger partial charge in [0.05, 0.1) is 5.41 Å². The smallest absolute Gasteiger partial charge is 0.230 e. The second-order valence-corrected chi connectivity index (χ2v) is 6.53. The molecule has 2 fully saturated rings. The molecule has 0 bridgehead atoms. The SMILES string of the molecule is CCCN1CCN(C(=O)C2(CN)CCCCCC2)CC1. The first-order valence-corrected chi connectivity index (χ1v) is 8.43. The Kier molecular flexibility index (Phi) is 5.85. The average molecular weight is 281 g/mol. The van der Waals surface area contributed by atoms with Gasteiger partial charge in [-0.15, -0.1) is 0 Å². The molecule has 0 unspecified atom stereocenters.